The maximum absolute atomic E-state index is 12.5. The van der Waals surface area contributed by atoms with Gasteiger partial charge < -0.3 is 10.2 Å². The smallest absolute Gasteiger partial charge is 0.321 e. The average molecular weight is 449 g/mol. The highest BCUT2D eigenvalue weighted by Gasteiger charge is 2.19. The van der Waals surface area contributed by atoms with Crippen molar-refractivity contribution in [3.05, 3.63) is 63.2 Å². The Morgan fingerprint density at radius 2 is 1.92 bits per heavy atom. The Kier molecular flexibility index (Phi) is 6.31. The first kappa shape index (κ1) is 18.2. The van der Waals surface area contributed by atoms with Crippen LogP contribution in [0.1, 0.15) is 17.5 Å². The van der Waals surface area contributed by atoms with Gasteiger partial charge in [-0.3, -0.25) is 4.90 Å². The number of hydrogen-bond acceptors (Lipinski definition) is 2. The molecule has 1 saturated heterocycles. The Morgan fingerprint density at radius 1 is 1.08 bits per heavy atom. The number of nitrogens with one attached hydrogen (secondary N) is 1. The Bertz CT molecular complexity index is 734. The van der Waals surface area contributed by atoms with Crippen LogP contribution in [0.25, 0.3) is 0 Å². The van der Waals surface area contributed by atoms with Crippen LogP contribution in [-0.2, 0) is 6.54 Å². The van der Waals surface area contributed by atoms with E-state index < -0.39 is 0 Å². The molecular formula is C20H24IN3O. The van der Waals surface area contributed by atoms with Gasteiger partial charge in [0.05, 0.1) is 0 Å². The van der Waals surface area contributed by atoms with Crippen LogP contribution in [0.3, 0.4) is 0 Å². The maximum atomic E-state index is 12.5. The summed E-state index contributed by atoms with van der Waals surface area (Å²) in [6.07, 6.45) is 1.01. The number of hydrogen-bond donors (Lipinski definition) is 1. The van der Waals surface area contributed by atoms with Crippen molar-refractivity contribution in [1.29, 1.82) is 0 Å². The Hall–Kier alpha value is -1.60. The minimum atomic E-state index is 0.00158. The molecular weight excluding hydrogens is 425 g/mol. The van der Waals surface area contributed by atoms with Gasteiger partial charge in [-0.15, -0.1) is 0 Å². The predicted molar refractivity (Wildman–Crippen MR) is 111 cm³/mol. The van der Waals surface area contributed by atoms with E-state index in [-0.39, 0.29) is 6.03 Å². The lowest BCUT2D eigenvalue weighted by atomic mass is 10.2. The summed E-state index contributed by atoms with van der Waals surface area (Å²) in [6, 6.07) is 16.6. The largest absolute Gasteiger partial charge is 0.323 e. The Morgan fingerprint density at radius 3 is 2.72 bits per heavy atom. The molecule has 132 valence electrons. The third-order valence-electron chi connectivity index (χ3n) is 4.44. The first-order valence-corrected chi connectivity index (χ1v) is 9.77. The van der Waals surface area contributed by atoms with Gasteiger partial charge in [0, 0.05) is 42.0 Å². The summed E-state index contributed by atoms with van der Waals surface area (Å²) in [5.41, 5.74) is 3.35. The molecule has 1 aliphatic rings. The summed E-state index contributed by atoms with van der Waals surface area (Å²) in [7, 11) is 0. The minimum absolute atomic E-state index is 0.00158. The van der Waals surface area contributed by atoms with Crippen molar-refractivity contribution < 1.29 is 4.79 Å². The van der Waals surface area contributed by atoms with E-state index in [0.29, 0.717) is 0 Å². The standard InChI is InChI=1S/C20H24IN3O/c1-16-5-2-8-19(13-16)22-20(25)24-10-4-9-23(11-12-24)15-17-6-3-7-18(21)14-17/h2-3,5-8,13-14H,4,9-12,15H2,1H3,(H,22,25). The molecule has 0 saturated carbocycles. The molecule has 0 radical (unpaired) electrons. The summed E-state index contributed by atoms with van der Waals surface area (Å²) < 4.78 is 1.27. The van der Waals surface area contributed by atoms with Gasteiger partial charge in [0.2, 0.25) is 0 Å². The number of rotatable bonds is 3. The summed E-state index contributed by atoms with van der Waals surface area (Å²) in [5, 5.41) is 3.02. The van der Waals surface area contributed by atoms with E-state index in [9.17, 15) is 4.79 Å². The molecule has 0 unspecified atom stereocenters. The van der Waals surface area contributed by atoms with Crippen molar-refractivity contribution in [1.82, 2.24) is 9.80 Å². The molecule has 1 heterocycles. The number of amides is 2. The number of urea groups is 1. The lowest BCUT2D eigenvalue weighted by molar-refractivity contribution is 0.211. The zero-order chi connectivity index (χ0) is 17.6. The fourth-order valence-electron chi connectivity index (χ4n) is 3.15. The molecule has 3 rings (SSSR count). The first-order valence-electron chi connectivity index (χ1n) is 8.69. The molecule has 0 spiro atoms. The van der Waals surface area contributed by atoms with Crippen LogP contribution in [0.5, 0.6) is 0 Å². The van der Waals surface area contributed by atoms with Gasteiger partial charge in [-0.25, -0.2) is 4.79 Å². The van der Waals surface area contributed by atoms with Crippen LogP contribution in [0.4, 0.5) is 10.5 Å². The number of benzene rings is 2. The number of carbonyl (C=O) groups is 1. The van der Waals surface area contributed by atoms with Gasteiger partial charge in [0.1, 0.15) is 0 Å². The number of carbonyl (C=O) groups excluding carboxylic acids is 1. The Balaban J connectivity index is 1.55. The number of halogens is 1. The fourth-order valence-corrected chi connectivity index (χ4v) is 3.76. The second kappa shape index (κ2) is 8.67. The zero-order valence-corrected chi connectivity index (χ0v) is 16.7. The molecule has 2 aromatic carbocycles. The lowest BCUT2D eigenvalue weighted by Gasteiger charge is -2.22. The number of aryl methyl sites for hydroxylation is 1. The highest BCUT2D eigenvalue weighted by Crippen LogP contribution is 2.14. The summed E-state index contributed by atoms with van der Waals surface area (Å²) in [6.45, 7) is 6.49. The topological polar surface area (TPSA) is 35.6 Å². The summed E-state index contributed by atoms with van der Waals surface area (Å²) in [5.74, 6) is 0. The van der Waals surface area contributed by atoms with E-state index in [4.69, 9.17) is 0 Å². The van der Waals surface area contributed by atoms with Crippen molar-refractivity contribution >= 4 is 34.3 Å². The molecule has 1 aliphatic heterocycles. The van der Waals surface area contributed by atoms with E-state index in [1.165, 1.54) is 9.13 Å². The number of nitrogens with zero attached hydrogens (tertiary/aromatic N) is 2. The predicted octanol–water partition coefficient (Wildman–Crippen LogP) is 4.34. The highest BCUT2D eigenvalue weighted by atomic mass is 127. The van der Waals surface area contributed by atoms with Gasteiger partial charge in [0.25, 0.3) is 0 Å². The van der Waals surface area contributed by atoms with Crippen LogP contribution in [0.2, 0.25) is 0 Å². The quantitative estimate of drug-likeness (QED) is 0.708. The molecule has 0 aromatic heterocycles. The van der Waals surface area contributed by atoms with Crippen LogP contribution in [0.15, 0.2) is 48.5 Å². The SMILES string of the molecule is Cc1cccc(NC(=O)N2CCCN(Cc3cccc(I)c3)CC2)c1. The minimum Gasteiger partial charge on any atom is -0.323 e. The van der Waals surface area contributed by atoms with Gasteiger partial charge in [-0.1, -0.05) is 24.3 Å². The highest BCUT2D eigenvalue weighted by molar-refractivity contribution is 14.1. The van der Waals surface area contributed by atoms with Crippen molar-refractivity contribution in [2.75, 3.05) is 31.5 Å². The van der Waals surface area contributed by atoms with Gasteiger partial charge in [0.15, 0.2) is 0 Å². The van der Waals surface area contributed by atoms with Crippen molar-refractivity contribution in [3.63, 3.8) is 0 Å². The van der Waals surface area contributed by atoms with Crippen LogP contribution < -0.4 is 5.32 Å². The van der Waals surface area contributed by atoms with Gasteiger partial charge in [-0.05, 0) is 71.3 Å². The number of anilines is 1. The van der Waals surface area contributed by atoms with Crippen molar-refractivity contribution in [2.24, 2.45) is 0 Å². The molecule has 0 bridgehead atoms. The van der Waals surface area contributed by atoms with E-state index in [1.807, 2.05) is 36.1 Å². The molecule has 0 aliphatic carbocycles. The molecule has 4 nitrogen and oxygen atoms in total. The second-order valence-electron chi connectivity index (χ2n) is 6.55. The first-order chi connectivity index (χ1) is 12.1. The van der Waals surface area contributed by atoms with Gasteiger partial charge in [-0.2, -0.15) is 0 Å². The summed E-state index contributed by atoms with van der Waals surface area (Å²) in [4.78, 5) is 16.9. The molecule has 0 atom stereocenters. The lowest BCUT2D eigenvalue weighted by Crippen LogP contribution is -2.38. The third-order valence-corrected chi connectivity index (χ3v) is 5.11. The van der Waals surface area contributed by atoms with Crippen LogP contribution >= 0.6 is 22.6 Å². The zero-order valence-electron chi connectivity index (χ0n) is 14.5. The van der Waals surface area contributed by atoms with E-state index in [1.54, 1.807) is 0 Å². The Labute approximate surface area is 163 Å². The van der Waals surface area contributed by atoms with Crippen LogP contribution in [-0.4, -0.2) is 42.0 Å². The molecule has 2 amide bonds. The van der Waals surface area contributed by atoms with Crippen molar-refractivity contribution in [2.45, 2.75) is 19.9 Å². The third kappa shape index (κ3) is 5.44. The molecule has 1 N–H and O–H groups in total. The van der Waals surface area contributed by atoms with Crippen LogP contribution in [0, 0.1) is 10.5 Å². The molecule has 2 aromatic rings. The monoisotopic (exact) mass is 449 g/mol. The fraction of sp³-hybridized carbons (Fsp3) is 0.350. The van der Waals surface area contributed by atoms with E-state index in [2.05, 4.69) is 57.1 Å². The van der Waals surface area contributed by atoms with E-state index >= 15 is 0 Å². The second-order valence-corrected chi connectivity index (χ2v) is 7.79. The summed E-state index contributed by atoms with van der Waals surface area (Å²) >= 11 is 2.35. The normalized spacial score (nSPS) is 15.7. The molecule has 5 heteroatoms. The molecule has 25 heavy (non-hydrogen) atoms. The maximum Gasteiger partial charge on any atom is 0.321 e. The van der Waals surface area contributed by atoms with E-state index in [0.717, 1.165) is 50.4 Å². The average Bonchev–Trinajstić information content (AvgIpc) is 2.80. The molecule has 1 fully saturated rings. The van der Waals surface area contributed by atoms with Crippen molar-refractivity contribution in [3.8, 4) is 0 Å². The van der Waals surface area contributed by atoms with Gasteiger partial charge >= 0.3 is 6.03 Å².